The maximum absolute atomic E-state index is 12.0. The van der Waals surface area contributed by atoms with Gasteiger partial charge in [0, 0.05) is 18.0 Å². The highest BCUT2D eigenvalue weighted by atomic mass is 16.5. The molecule has 8 heteroatoms. The summed E-state index contributed by atoms with van der Waals surface area (Å²) in [4.78, 5) is 20.7. The fourth-order valence-electron chi connectivity index (χ4n) is 2.51. The van der Waals surface area contributed by atoms with E-state index in [1.54, 1.807) is 32.5 Å². The molecule has 3 heterocycles. The summed E-state index contributed by atoms with van der Waals surface area (Å²) in [7, 11) is 1.58. The number of hydrogen-bond donors (Lipinski definition) is 1. The fraction of sp³-hybridized carbons (Fsp3) is 0.294. The van der Waals surface area contributed by atoms with Crippen LogP contribution in [-0.2, 0) is 4.74 Å². The lowest BCUT2D eigenvalue weighted by atomic mass is 10.1. The van der Waals surface area contributed by atoms with E-state index in [1.165, 1.54) is 10.7 Å². The summed E-state index contributed by atoms with van der Waals surface area (Å²) in [5, 5.41) is 7.41. The molecule has 3 rings (SSSR count). The molecule has 3 aromatic rings. The van der Waals surface area contributed by atoms with E-state index in [4.69, 9.17) is 9.47 Å². The number of ether oxygens (including phenoxy) is 2. The van der Waals surface area contributed by atoms with E-state index in [0.717, 1.165) is 5.56 Å². The average Bonchev–Trinajstić information content (AvgIpc) is 3.05. The molecule has 1 atom stereocenters. The number of pyridine rings is 1. The molecule has 25 heavy (non-hydrogen) atoms. The smallest absolute Gasteiger partial charge is 0.343 e. The highest BCUT2D eigenvalue weighted by Gasteiger charge is 2.17. The molecule has 0 aliphatic rings. The van der Waals surface area contributed by atoms with Crippen LogP contribution in [0.5, 0.6) is 5.88 Å². The van der Waals surface area contributed by atoms with E-state index in [2.05, 4.69) is 20.4 Å². The Hall–Kier alpha value is -3.16. The summed E-state index contributed by atoms with van der Waals surface area (Å²) in [6.45, 7) is 4.03. The standard InChI is InChI=1S/C17H19N5O3/c1-4-25-17(23)13-10-19-22-9-7-14(21-15(13)22)20-11(2)12-6-5-8-18-16(12)24-3/h5-11H,4H2,1-3H3,(H,20,21)/t11-/m1/s1. The molecule has 0 saturated heterocycles. The molecule has 130 valence electrons. The molecule has 0 unspecified atom stereocenters. The van der Waals surface area contributed by atoms with Gasteiger partial charge in [-0.25, -0.2) is 19.3 Å². The van der Waals surface area contributed by atoms with Crippen LogP contribution in [0.2, 0.25) is 0 Å². The van der Waals surface area contributed by atoms with Crippen molar-refractivity contribution in [2.24, 2.45) is 0 Å². The van der Waals surface area contributed by atoms with Crippen molar-refractivity contribution < 1.29 is 14.3 Å². The largest absolute Gasteiger partial charge is 0.481 e. The van der Waals surface area contributed by atoms with E-state index in [0.29, 0.717) is 29.5 Å². The van der Waals surface area contributed by atoms with Gasteiger partial charge >= 0.3 is 5.97 Å². The molecule has 0 aliphatic heterocycles. The Bertz CT molecular complexity index is 893. The lowest BCUT2D eigenvalue weighted by Gasteiger charge is -2.17. The van der Waals surface area contributed by atoms with Gasteiger partial charge in [-0.2, -0.15) is 5.10 Å². The summed E-state index contributed by atoms with van der Waals surface area (Å²) in [6.07, 6.45) is 4.87. The number of anilines is 1. The number of methoxy groups -OCH3 is 1. The summed E-state index contributed by atoms with van der Waals surface area (Å²) >= 11 is 0. The molecule has 0 aromatic carbocycles. The first-order valence-electron chi connectivity index (χ1n) is 7.91. The third-order valence-corrected chi connectivity index (χ3v) is 3.69. The fourth-order valence-corrected chi connectivity index (χ4v) is 2.51. The topological polar surface area (TPSA) is 90.6 Å². The summed E-state index contributed by atoms with van der Waals surface area (Å²) < 4.78 is 11.9. The van der Waals surface area contributed by atoms with Crippen molar-refractivity contribution in [1.82, 2.24) is 19.6 Å². The van der Waals surface area contributed by atoms with Crippen LogP contribution in [0.25, 0.3) is 5.65 Å². The van der Waals surface area contributed by atoms with E-state index in [-0.39, 0.29) is 6.04 Å². The number of esters is 1. The first-order chi connectivity index (χ1) is 12.1. The first kappa shape index (κ1) is 16.7. The Morgan fingerprint density at radius 1 is 1.40 bits per heavy atom. The molecule has 0 spiro atoms. The minimum atomic E-state index is -0.441. The van der Waals surface area contributed by atoms with Crippen LogP contribution in [0.3, 0.4) is 0 Å². The van der Waals surface area contributed by atoms with Crippen molar-refractivity contribution >= 4 is 17.4 Å². The maximum Gasteiger partial charge on any atom is 0.343 e. The van der Waals surface area contributed by atoms with Gasteiger partial charge in [0.2, 0.25) is 5.88 Å². The van der Waals surface area contributed by atoms with Crippen molar-refractivity contribution in [3.63, 3.8) is 0 Å². The van der Waals surface area contributed by atoms with Gasteiger partial charge in [0.1, 0.15) is 11.4 Å². The van der Waals surface area contributed by atoms with E-state index in [9.17, 15) is 4.79 Å². The summed E-state index contributed by atoms with van der Waals surface area (Å²) in [5.41, 5.74) is 1.68. The van der Waals surface area contributed by atoms with E-state index in [1.807, 2.05) is 19.1 Å². The van der Waals surface area contributed by atoms with Crippen molar-refractivity contribution in [2.45, 2.75) is 19.9 Å². The molecule has 8 nitrogen and oxygen atoms in total. The van der Waals surface area contributed by atoms with Crippen LogP contribution < -0.4 is 10.1 Å². The molecule has 1 N–H and O–H groups in total. The lowest BCUT2D eigenvalue weighted by Crippen LogP contribution is -2.11. The molecule has 0 fully saturated rings. The summed E-state index contributed by atoms with van der Waals surface area (Å²) in [6, 6.07) is 5.48. The number of nitrogens with one attached hydrogen (secondary N) is 1. The molecule has 0 bridgehead atoms. The molecule has 0 aliphatic carbocycles. The molecular weight excluding hydrogens is 322 g/mol. The van der Waals surface area contributed by atoms with Crippen molar-refractivity contribution in [3.05, 3.63) is 47.9 Å². The van der Waals surface area contributed by atoms with Gasteiger partial charge in [-0.05, 0) is 26.0 Å². The van der Waals surface area contributed by atoms with Gasteiger partial charge in [-0.1, -0.05) is 6.07 Å². The molecule has 0 radical (unpaired) electrons. The first-order valence-corrected chi connectivity index (χ1v) is 7.91. The minimum Gasteiger partial charge on any atom is -0.481 e. The number of carbonyl (C=O) groups is 1. The molecular formula is C17H19N5O3. The van der Waals surface area contributed by atoms with Gasteiger partial charge in [0.25, 0.3) is 0 Å². The van der Waals surface area contributed by atoms with E-state index < -0.39 is 5.97 Å². The Morgan fingerprint density at radius 3 is 3.00 bits per heavy atom. The van der Waals surface area contributed by atoms with Gasteiger partial charge < -0.3 is 14.8 Å². The number of hydrogen-bond acceptors (Lipinski definition) is 7. The van der Waals surface area contributed by atoms with Crippen molar-refractivity contribution in [1.29, 1.82) is 0 Å². The third-order valence-electron chi connectivity index (χ3n) is 3.69. The van der Waals surface area contributed by atoms with Crippen LogP contribution >= 0.6 is 0 Å². The van der Waals surface area contributed by atoms with Crippen molar-refractivity contribution in [2.75, 3.05) is 19.0 Å². The number of carbonyl (C=O) groups excluding carboxylic acids is 1. The van der Waals surface area contributed by atoms with Crippen LogP contribution in [0, 0.1) is 0 Å². The van der Waals surface area contributed by atoms with Gasteiger partial charge in [0.15, 0.2) is 5.65 Å². The second-order valence-corrected chi connectivity index (χ2v) is 5.33. The van der Waals surface area contributed by atoms with Gasteiger partial charge in [0.05, 0.1) is 26.0 Å². The van der Waals surface area contributed by atoms with Crippen LogP contribution in [-0.4, -0.2) is 39.3 Å². The number of rotatable bonds is 6. The highest BCUT2D eigenvalue weighted by molar-refractivity contribution is 5.95. The quantitative estimate of drug-likeness (QED) is 0.689. The predicted octanol–water partition coefficient (Wildman–Crippen LogP) is 2.48. The second kappa shape index (κ2) is 7.16. The maximum atomic E-state index is 12.0. The Kier molecular flexibility index (Phi) is 4.78. The highest BCUT2D eigenvalue weighted by Crippen LogP contribution is 2.25. The predicted molar refractivity (Wildman–Crippen MR) is 91.8 cm³/mol. The van der Waals surface area contributed by atoms with Crippen LogP contribution in [0.4, 0.5) is 5.82 Å². The number of nitrogens with zero attached hydrogens (tertiary/aromatic N) is 4. The van der Waals surface area contributed by atoms with Crippen LogP contribution in [0.1, 0.15) is 35.8 Å². The normalized spacial score (nSPS) is 12.0. The number of aromatic nitrogens is 4. The average molecular weight is 341 g/mol. The Balaban J connectivity index is 1.89. The van der Waals surface area contributed by atoms with E-state index >= 15 is 0 Å². The zero-order valence-corrected chi connectivity index (χ0v) is 14.3. The zero-order valence-electron chi connectivity index (χ0n) is 14.3. The van der Waals surface area contributed by atoms with Crippen LogP contribution in [0.15, 0.2) is 36.8 Å². The van der Waals surface area contributed by atoms with Gasteiger partial charge in [-0.3, -0.25) is 0 Å². The SMILES string of the molecule is CCOC(=O)c1cnn2ccc(N[C@H](C)c3cccnc3OC)nc12. The molecule has 0 amide bonds. The lowest BCUT2D eigenvalue weighted by molar-refractivity contribution is 0.0528. The van der Waals surface area contributed by atoms with Crippen molar-refractivity contribution in [3.8, 4) is 5.88 Å². The Labute approximate surface area is 144 Å². The monoisotopic (exact) mass is 341 g/mol. The van der Waals surface area contributed by atoms with Gasteiger partial charge in [-0.15, -0.1) is 0 Å². The second-order valence-electron chi connectivity index (χ2n) is 5.33. The Morgan fingerprint density at radius 2 is 2.24 bits per heavy atom. The zero-order chi connectivity index (χ0) is 17.8. The third kappa shape index (κ3) is 3.37. The molecule has 0 saturated carbocycles. The number of fused-ring (bicyclic) bond motifs is 1. The molecule has 3 aromatic heterocycles. The summed E-state index contributed by atoms with van der Waals surface area (Å²) in [5.74, 6) is 0.723. The minimum absolute atomic E-state index is 0.0902.